The molecule has 1 fully saturated rings. The van der Waals surface area contributed by atoms with E-state index in [-0.39, 0.29) is 11.9 Å². The van der Waals surface area contributed by atoms with Crippen molar-refractivity contribution in [3.05, 3.63) is 75.9 Å². The average Bonchev–Trinajstić information content (AvgIpc) is 2.84. The zero-order chi connectivity index (χ0) is 23.5. The molecule has 2 aliphatic heterocycles. The van der Waals surface area contributed by atoms with Crippen LogP contribution in [0.25, 0.3) is 0 Å². The Morgan fingerprint density at radius 1 is 1.06 bits per heavy atom. The van der Waals surface area contributed by atoms with E-state index in [1.807, 2.05) is 42.5 Å². The van der Waals surface area contributed by atoms with E-state index >= 15 is 0 Å². The SMILES string of the molecule is O=C(NC1CCOc2ccccc21)c1cnc(Sc2cc(Cl)cc(Cl)c2)cc1N1CCOCC1. The minimum atomic E-state index is -0.155. The lowest BCUT2D eigenvalue weighted by Crippen LogP contribution is -2.38. The number of carbonyl (C=O) groups is 1. The van der Waals surface area contributed by atoms with Gasteiger partial charge >= 0.3 is 0 Å². The number of amides is 1. The van der Waals surface area contributed by atoms with Gasteiger partial charge in [0, 0.05) is 46.2 Å². The number of anilines is 1. The summed E-state index contributed by atoms with van der Waals surface area (Å²) in [6, 6.07) is 15.1. The molecule has 1 saturated heterocycles. The number of morpholine rings is 1. The molecule has 1 aromatic heterocycles. The Hall–Kier alpha value is -2.45. The van der Waals surface area contributed by atoms with Crippen molar-refractivity contribution >= 4 is 46.6 Å². The average molecular weight is 516 g/mol. The molecule has 1 amide bonds. The number of para-hydroxylation sites is 1. The molecule has 1 unspecified atom stereocenters. The highest BCUT2D eigenvalue weighted by molar-refractivity contribution is 7.99. The summed E-state index contributed by atoms with van der Waals surface area (Å²) in [5.41, 5.74) is 2.37. The van der Waals surface area contributed by atoms with Gasteiger partial charge < -0.3 is 19.7 Å². The number of carbonyl (C=O) groups excluding carboxylic acids is 1. The fourth-order valence-corrected chi connectivity index (χ4v) is 5.70. The second kappa shape index (κ2) is 10.4. The third kappa shape index (κ3) is 5.28. The predicted molar refractivity (Wildman–Crippen MR) is 135 cm³/mol. The first-order chi connectivity index (χ1) is 16.6. The fourth-order valence-electron chi connectivity index (χ4n) is 4.16. The maximum absolute atomic E-state index is 13.5. The number of nitrogens with one attached hydrogen (secondary N) is 1. The Morgan fingerprint density at radius 3 is 2.62 bits per heavy atom. The van der Waals surface area contributed by atoms with E-state index in [1.54, 1.807) is 12.3 Å². The first-order valence-corrected chi connectivity index (χ1v) is 12.6. The number of rotatable bonds is 5. The van der Waals surface area contributed by atoms with E-state index in [1.165, 1.54) is 11.8 Å². The second-order valence-electron chi connectivity index (χ2n) is 8.05. The molecule has 0 radical (unpaired) electrons. The van der Waals surface area contributed by atoms with E-state index in [2.05, 4.69) is 15.2 Å². The molecule has 0 saturated carbocycles. The van der Waals surface area contributed by atoms with Gasteiger partial charge in [0.05, 0.1) is 37.1 Å². The Balaban J connectivity index is 1.43. The Labute approximate surface area is 212 Å². The lowest BCUT2D eigenvalue weighted by Gasteiger charge is -2.31. The van der Waals surface area contributed by atoms with Crippen LogP contribution >= 0.6 is 35.0 Å². The van der Waals surface area contributed by atoms with Crippen molar-refractivity contribution < 1.29 is 14.3 Å². The molecule has 6 nitrogen and oxygen atoms in total. The summed E-state index contributed by atoms with van der Waals surface area (Å²) in [4.78, 5) is 21.1. The topological polar surface area (TPSA) is 63.7 Å². The van der Waals surface area contributed by atoms with Crippen LogP contribution in [-0.4, -0.2) is 43.8 Å². The van der Waals surface area contributed by atoms with Gasteiger partial charge in [-0.25, -0.2) is 4.98 Å². The quantitative estimate of drug-likeness (QED) is 0.475. The van der Waals surface area contributed by atoms with Gasteiger partial charge in [-0.15, -0.1) is 0 Å². The number of aromatic nitrogens is 1. The molecule has 2 aromatic carbocycles. The molecule has 176 valence electrons. The van der Waals surface area contributed by atoms with Gasteiger partial charge in [0.25, 0.3) is 5.91 Å². The maximum Gasteiger partial charge on any atom is 0.255 e. The summed E-state index contributed by atoms with van der Waals surface area (Å²) in [7, 11) is 0. The molecule has 0 aliphatic carbocycles. The molecule has 5 rings (SSSR count). The fraction of sp³-hybridized carbons (Fsp3) is 0.280. The predicted octanol–water partition coefficient (Wildman–Crippen LogP) is 5.63. The lowest BCUT2D eigenvalue weighted by molar-refractivity contribution is 0.0923. The number of halogens is 2. The molecule has 0 spiro atoms. The van der Waals surface area contributed by atoms with Crippen LogP contribution < -0.4 is 15.0 Å². The number of ether oxygens (including phenoxy) is 2. The van der Waals surface area contributed by atoms with Crippen LogP contribution in [0.1, 0.15) is 28.4 Å². The minimum Gasteiger partial charge on any atom is -0.493 e. The van der Waals surface area contributed by atoms with Crippen LogP contribution in [0.2, 0.25) is 10.0 Å². The molecule has 1 N–H and O–H groups in total. The molecule has 2 aliphatic rings. The molecular weight excluding hydrogens is 493 g/mol. The molecule has 3 heterocycles. The van der Waals surface area contributed by atoms with Gasteiger partial charge in [0.15, 0.2) is 0 Å². The largest absolute Gasteiger partial charge is 0.493 e. The van der Waals surface area contributed by atoms with Crippen molar-refractivity contribution in [2.75, 3.05) is 37.8 Å². The number of nitrogens with zero attached hydrogens (tertiary/aromatic N) is 2. The van der Waals surface area contributed by atoms with Crippen molar-refractivity contribution in [1.82, 2.24) is 10.3 Å². The van der Waals surface area contributed by atoms with E-state index in [0.29, 0.717) is 54.9 Å². The van der Waals surface area contributed by atoms with Crippen molar-refractivity contribution in [3.8, 4) is 5.75 Å². The number of pyridine rings is 1. The monoisotopic (exact) mass is 515 g/mol. The van der Waals surface area contributed by atoms with Gasteiger partial charge in [-0.3, -0.25) is 4.79 Å². The zero-order valence-electron chi connectivity index (χ0n) is 18.3. The van der Waals surface area contributed by atoms with Gasteiger partial charge in [-0.1, -0.05) is 53.2 Å². The van der Waals surface area contributed by atoms with Crippen LogP contribution in [0.4, 0.5) is 5.69 Å². The Kier molecular flexibility index (Phi) is 7.15. The molecule has 9 heteroatoms. The molecule has 34 heavy (non-hydrogen) atoms. The molecule has 3 aromatic rings. The van der Waals surface area contributed by atoms with Crippen molar-refractivity contribution in [3.63, 3.8) is 0 Å². The van der Waals surface area contributed by atoms with E-state index in [9.17, 15) is 4.79 Å². The summed E-state index contributed by atoms with van der Waals surface area (Å²) < 4.78 is 11.3. The summed E-state index contributed by atoms with van der Waals surface area (Å²) in [5.74, 6) is 0.663. The van der Waals surface area contributed by atoms with E-state index in [0.717, 1.165) is 26.9 Å². The third-order valence-electron chi connectivity index (χ3n) is 5.78. The van der Waals surface area contributed by atoms with Crippen LogP contribution in [0.15, 0.2) is 64.6 Å². The minimum absolute atomic E-state index is 0.113. The molecule has 0 bridgehead atoms. The highest BCUT2D eigenvalue weighted by Gasteiger charge is 2.26. The zero-order valence-corrected chi connectivity index (χ0v) is 20.6. The van der Waals surface area contributed by atoms with Gasteiger partial charge in [0.2, 0.25) is 0 Å². The van der Waals surface area contributed by atoms with Crippen LogP contribution in [0, 0.1) is 0 Å². The highest BCUT2D eigenvalue weighted by Crippen LogP contribution is 2.35. The summed E-state index contributed by atoms with van der Waals surface area (Å²) in [6.45, 7) is 3.20. The highest BCUT2D eigenvalue weighted by atomic mass is 35.5. The normalized spacial score (nSPS) is 17.6. The smallest absolute Gasteiger partial charge is 0.255 e. The van der Waals surface area contributed by atoms with Crippen LogP contribution in [0.3, 0.4) is 0 Å². The van der Waals surface area contributed by atoms with E-state index in [4.69, 9.17) is 32.7 Å². The van der Waals surface area contributed by atoms with Crippen molar-refractivity contribution in [1.29, 1.82) is 0 Å². The third-order valence-corrected chi connectivity index (χ3v) is 7.12. The number of hydrogen-bond acceptors (Lipinski definition) is 6. The van der Waals surface area contributed by atoms with Crippen LogP contribution in [-0.2, 0) is 4.74 Å². The van der Waals surface area contributed by atoms with Crippen LogP contribution in [0.5, 0.6) is 5.75 Å². The maximum atomic E-state index is 13.5. The van der Waals surface area contributed by atoms with Crippen molar-refractivity contribution in [2.24, 2.45) is 0 Å². The van der Waals surface area contributed by atoms with Gasteiger partial charge in [0.1, 0.15) is 10.8 Å². The summed E-state index contributed by atoms with van der Waals surface area (Å²) in [5, 5.41) is 5.09. The summed E-state index contributed by atoms with van der Waals surface area (Å²) in [6.07, 6.45) is 2.37. The number of hydrogen-bond donors (Lipinski definition) is 1. The van der Waals surface area contributed by atoms with Gasteiger partial charge in [-0.2, -0.15) is 0 Å². The summed E-state index contributed by atoms with van der Waals surface area (Å²) >= 11 is 13.8. The Morgan fingerprint density at radius 2 is 1.82 bits per heavy atom. The molecule has 1 atom stereocenters. The lowest BCUT2D eigenvalue weighted by atomic mass is 10.00. The first-order valence-electron chi connectivity index (χ1n) is 11.1. The Bertz CT molecular complexity index is 1180. The second-order valence-corrected chi connectivity index (χ2v) is 10.0. The van der Waals surface area contributed by atoms with Crippen molar-refractivity contribution in [2.45, 2.75) is 22.4 Å². The number of fused-ring (bicyclic) bond motifs is 1. The first kappa shape index (κ1) is 23.3. The number of benzene rings is 2. The molecular formula is C25H23Cl2N3O3S. The van der Waals surface area contributed by atoms with E-state index < -0.39 is 0 Å². The van der Waals surface area contributed by atoms with Gasteiger partial charge in [-0.05, 0) is 30.3 Å². The standard InChI is InChI=1S/C25H23Cl2N3O3S/c26-16-11-17(27)13-18(12-16)34-24-14-22(30-6-9-32-10-7-30)20(15-28-24)25(31)29-21-5-8-33-23-4-2-1-3-19(21)23/h1-4,11-15,21H,5-10H2,(H,29,31).